The number of nitrogens with one attached hydrogen (secondary N) is 2. The Morgan fingerprint density at radius 2 is 1.33 bits per heavy atom. The number of aliphatic carboxylic acids is 2. The molecule has 3 aromatic rings. The molecule has 0 bridgehead atoms. The van der Waals surface area contributed by atoms with Gasteiger partial charge in [-0.1, -0.05) is 6.07 Å². The number of benzene rings is 2. The number of pyridine rings is 1. The maximum Gasteiger partial charge on any atom is 0.416 e. The zero-order valence-electron chi connectivity index (χ0n) is 37.1. The van der Waals surface area contributed by atoms with Crippen LogP contribution in [0, 0.1) is 12.7 Å². The van der Waals surface area contributed by atoms with Crippen molar-refractivity contribution in [3.63, 3.8) is 0 Å². The van der Waals surface area contributed by atoms with Gasteiger partial charge in [-0.25, -0.2) is 17.8 Å². The maximum atomic E-state index is 14.1. The zero-order chi connectivity index (χ0) is 48.7. The molecular formula is C42H57F7N6O7S. The summed E-state index contributed by atoms with van der Waals surface area (Å²) in [6.07, 6.45) is -7.73. The molecule has 3 heterocycles. The molecule has 2 saturated heterocycles. The van der Waals surface area contributed by atoms with Gasteiger partial charge >= 0.3 is 12.4 Å². The molecule has 63 heavy (non-hydrogen) atoms. The average molecular weight is 923 g/mol. The molecule has 0 atom stereocenters. The maximum absolute atomic E-state index is 14.1. The number of nitrogens with zero attached hydrogens (tertiary/aromatic N) is 4. The van der Waals surface area contributed by atoms with Crippen LogP contribution < -0.4 is 20.4 Å². The van der Waals surface area contributed by atoms with Crippen LogP contribution in [0.25, 0.3) is 11.1 Å². The number of amides is 1. The minimum Gasteiger partial charge on any atom is -0.481 e. The van der Waals surface area contributed by atoms with Gasteiger partial charge in [-0.3, -0.25) is 14.4 Å². The molecule has 1 aromatic heterocycles. The van der Waals surface area contributed by atoms with Crippen LogP contribution >= 0.6 is 0 Å². The van der Waals surface area contributed by atoms with Crippen molar-refractivity contribution in [3.05, 3.63) is 76.7 Å². The average Bonchev–Trinajstić information content (AvgIpc) is 3.12. The van der Waals surface area contributed by atoms with E-state index < -0.39 is 73.7 Å². The van der Waals surface area contributed by atoms with Crippen LogP contribution in [0.2, 0.25) is 0 Å². The Balaban J connectivity index is 0.000000719. The predicted molar refractivity (Wildman–Crippen MR) is 227 cm³/mol. The van der Waals surface area contributed by atoms with Gasteiger partial charge in [0.2, 0.25) is 15.9 Å². The van der Waals surface area contributed by atoms with Crippen molar-refractivity contribution in [1.29, 1.82) is 0 Å². The molecule has 13 nitrogen and oxygen atoms in total. The van der Waals surface area contributed by atoms with Gasteiger partial charge in [0.25, 0.3) is 11.9 Å². The summed E-state index contributed by atoms with van der Waals surface area (Å²) in [4.78, 5) is 39.6. The van der Waals surface area contributed by atoms with Gasteiger partial charge in [-0.2, -0.15) is 30.6 Å². The number of aryl methyl sites for hydroxylation is 1. The van der Waals surface area contributed by atoms with E-state index in [0.717, 1.165) is 44.6 Å². The quantitative estimate of drug-likeness (QED) is 0.185. The molecule has 4 N–H and O–H groups in total. The first-order chi connectivity index (χ1) is 28.5. The van der Waals surface area contributed by atoms with Gasteiger partial charge in [0.1, 0.15) is 11.6 Å². The van der Waals surface area contributed by atoms with Crippen molar-refractivity contribution in [2.45, 2.75) is 91.2 Å². The van der Waals surface area contributed by atoms with Gasteiger partial charge in [0, 0.05) is 76.8 Å². The summed E-state index contributed by atoms with van der Waals surface area (Å²) in [5.41, 5.74) is -4.34. The largest absolute Gasteiger partial charge is 0.481 e. The number of anilines is 2. The Morgan fingerprint density at radius 3 is 1.73 bits per heavy atom. The first-order valence-electron chi connectivity index (χ1n) is 19.4. The number of carbonyl (C=O) groups is 3. The minimum atomic E-state index is -5.10. The first kappa shape index (κ1) is 54.3. The van der Waals surface area contributed by atoms with Crippen LogP contribution in [-0.4, -0.2) is 109 Å². The number of carboxylic acids is 2. The normalized spacial score (nSPS) is 16.5. The molecule has 1 amide bonds. The van der Waals surface area contributed by atoms with E-state index in [9.17, 15) is 43.9 Å². The van der Waals surface area contributed by atoms with E-state index in [1.807, 2.05) is 18.7 Å². The Labute approximate surface area is 363 Å². The Morgan fingerprint density at radius 1 is 0.825 bits per heavy atom. The summed E-state index contributed by atoms with van der Waals surface area (Å²) in [6.45, 7) is 18.3. The number of hydrogen-bond acceptors (Lipinski definition) is 9. The van der Waals surface area contributed by atoms with Crippen LogP contribution in [0.5, 0.6) is 0 Å². The van der Waals surface area contributed by atoms with E-state index >= 15 is 0 Å². The lowest BCUT2D eigenvalue weighted by Gasteiger charge is -2.47. The molecule has 0 unspecified atom stereocenters. The molecular weight excluding hydrogens is 866 g/mol. The van der Waals surface area contributed by atoms with Crippen molar-refractivity contribution in [1.82, 2.24) is 19.9 Å². The number of hydrogen-bond donors (Lipinski definition) is 4. The highest BCUT2D eigenvalue weighted by Crippen LogP contribution is 2.42. The van der Waals surface area contributed by atoms with E-state index in [4.69, 9.17) is 19.8 Å². The lowest BCUT2D eigenvalue weighted by molar-refractivity contribution is -0.143. The van der Waals surface area contributed by atoms with Crippen LogP contribution in [0.3, 0.4) is 0 Å². The third-order valence-electron chi connectivity index (χ3n) is 9.94. The fourth-order valence-corrected chi connectivity index (χ4v) is 7.70. The van der Waals surface area contributed by atoms with Crippen molar-refractivity contribution >= 4 is 39.4 Å². The van der Waals surface area contributed by atoms with E-state index in [1.54, 1.807) is 13.0 Å². The Hall–Kier alpha value is -4.86. The molecule has 2 aromatic carbocycles. The lowest BCUT2D eigenvalue weighted by atomic mass is 9.81. The van der Waals surface area contributed by atoms with E-state index in [1.165, 1.54) is 49.6 Å². The molecule has 0 saturated carbocycles. The third-order valence-corrected chi connectivity index (χ3v) is 11.2. The van der Waals surface area contributed by atoms with Crippen molar-refractivity contribution < 1.29 is 63.7 Å². The van der Waals surface area contributed by atoms with Crippen LogP contribution in [-0.2, 0) is 42.2 Å². The summed E-state index contributed by atoms with van der Waals surface area (Å²) >= 11 is 0. The van der Waals surface area contributed by atoms with Gasteiger partial charge in [-0.15, -0.1) is 0 Å². The third kappa shape index (κ3) is 15.7. The number of carboxylic acid groups (broad SMARTS) is 2. The topological polar surface area (TPSA) is 172 Å². The van der Waals surface area contributed by atoms with Crippen LogP contribution in [0.4, 0.5) is 42.2 Å². The number of likely N-dealkylation sites (N-methyl/N-ethyl adjacent to an activating group) is 1. The van der Waals surface area contributed by atoms with Gasteiger partial charge in [0.15, 0.2) is 0 Å². The lowest BCUT2D eigenvalue weighted by Crippen LogP contribution is -2.60. The van der Waals surface area contributed by atoms with Crippen molar-refractivity contribution in [2.75, 3.05) is 62.4 Å². The van der Waals surface area contributed by atoms with E-state index in [-0.39, 0.29) is 31.4 Å². The SMILES string of the molecule is CC(=O)O.CC(=O)O.CC1(C)CNCCN1.Cc1cc(F)ccc1-c1cc(N2CCN(S(C)(=O)=O)CC2(C)C)ncc1N(C)C(=O)C(C)(C)c1cc(C(F)(F)F)cc(C(F)(F)F)c1. The smallest absolute Gasteiger partial charge is 0.416 e. The molecule has 21 heteroatoms. The number of carbonyl (C=O) groups excluding carboxylic acids is 1. The number of piperazine rings is 2. The van der Waals surface area contributed by atoms with Gasteiger partial charge in [0.05, 0.1) is 34.7 Å². The number of alkyl halides is 6. The van der Waals surface area contributed by atoms with Gasteiger partial charge < -0.3 is 30.6 Å². The van der Waals surface area contributed by atoms with E-state index in [0.29, 0.717) is 40.2 Å². The summed E-state index contributed by atoms with van der Waals surface area (Å²) < 4.78 is 122. The fraction of sp³-hybridized carbons (Fsp3) is 0.524. The van der Waals surface area contributed by atoms with Gasteiger partial charge in [-0.05, 0) is 102 Å². The number of rotatable bonds is 6. The number of halogens is 7. The molecule has 5 rings (SSSR count). The van der Waals surface area contributed by atoms with Crippen LogP contribution in [0.15, 0.2) is 48.7 Å². The second-order valence-electron chi connectivity index (χ2n) is 16.9. The summed E-state index contributed by atoms with van der Waals surface area (Å²) in [7, 11) is -2.14. The Kier molecular flexibility index (Phi) is 17.9. The molecule has 2 aliphatic heterocycles. The molecule has 352 valence electrons. The molecule has 0 radical (unpaired) electrons. The second-order valence-corrected chi connectivity index (χ2v) is 18.9. The number of aromatic nitrogens is 1. The number of sulfonamides is 1. The summed E-state index contributed by atoms with van der Waals surface area (Å²) in [5, 5.41) is 21.5. The van der Waals surface area contributed by atoms with Crippen molar-refractivity contribution in [2.24, 2.45) is 0 Å². The first-order valence-corrected chi connectivity index (χ1v) is 21.3. The Bertz CT molecular complexity index is 2150. The predicted octanol–water partition coefficient (Wildman–Crippen LogP) is 7.17. The minimum absolute atomic E-state index is 0.00304. The van der Waals surface area contributed by atoms with Crippen molar-refractivity contribution in [3.8, 4) is 11.1 Å². The highest BCUT2D eigenvalue weighted by molar-refractivity contribution is 7.88. The molecule has 2 fully saturated rings. The standard InChI is InChI=1S/C32H35F7N4O3S.C6H14N2.2C2H4O2/c1-19-12-23(33)8-9-24(19)25-16-27(43-11-10-42(47(7,45)46)18-29(43,2)3)40-17-26(25)41(6)28(44)30(4,5)20-13-21(31(34,35)36)15-22(14-20)32(37,38)39;1-6(2)5-7-3-4-8-6;2*1-2(3)4/h8-9,12-17H,10-11,18H2,1-7H3;7-8H,3-5H2,1-2H3;2*1H3,(H,3,4). The second kappa shape index (κ2) is 20.8. The highest BCUT2D eigenvalue weighted by atomic mass is 32.2. The molecule has 0 spiro atoms. The van der Waals surface area contributed by atoms with Crippen LogP contribution in [0.1, 0.15) is 77.6 Å². The summed E-state index contributed by atoms with van der Waals surface area (Å²) in [5.74, 6) is -2.60. The fourth-order valence-electron chi connectivity index (χ4n) is 6.74. The zero-order valence-corrected chi connectivity index (χ0v) is 38.0. The highest BCUT2D eigenvalue weighted by Gasteiger charge is 2.42. The molecule has 0 aliphatic carbocycles. The molecule has 2 aliphatic rings. The van der Waals surface area contributed by atoms with E-state index in [2.05, 4.69) is 29.5 Å². The summed E-state index contributed by atoms with van der Waals surface area (Å²) in [6, 6.07) is 6.71. The monoisotopic (exact) mass is 922 g/mol.